The smallest absolute Gasteiger partial charge is 0.115 e. The maximum Gasteiger partial charge on any atom is 0.115 e. The quantitative estimate of drug-likeness (QED) is 0.676. The lowest BCUT2D eigenvalue weighted by Gasteiger charge is -2.15. The van der Waals surface area contributed by atoms with Gasteiger partial charge in [-0.2, -0.15) is 0 Å². The van der Waals surface area contributed by atoms with E-state index in [-0.39, 0.29) is 0 Å². The Balaban J connectivity index is 1.75. The average molecular weight is 317 g/mol. The zero-order valence-electron chi connectivity index (χ0n) is 14.2. The van der Waals surface area contributed by atoms with E-state index < -0.39 is 0 Å². The van der Waals surface area contributed by atoms with Crippen LogP contribution in [0.2, 0.25) is 0 Å². The van der Waals surface area contributed by atoms with Crippen molar-refractivity contribution in [2.75, 3.05) is 0 Å². The van der Waals surface area contributed by atoms with Gasteiger partial charge in [-0.25, -0.2) is 0 Å². The summed E-state index contributed by atoms with van der Waals surface area (Å²) in [5, 5.41) is 13.1. The molecular formula is C22H23NO. The molecule has 0 aliphatic carbocycles. The van der Waals surface area contributed by atoms with Crippen molar-refractivity contribution in [1.82, 2.24) is 5.32 Å². The van der Waals surface area contributed by atoms with Crippen molar-refractivity contribution in [3.8, 4) is 16.9 Å². The molecule has 0 radical (unpaired) electrons. The summed E-state index contributed by atoms with van der Waals surface area (Å²) in [7, 11) is 0. The number of hydrogen-bond donors (Lipinski definition) is 2. The maximum absolute atomic E-state index is 9.47. The van der Waals surface area contributed by atoms with Gasteiger partial charge in [-0.05, 0) is 59.9 Å². The molecule has 0 fully saturated rings. The van der Waals surface area contributed by atoms with E-state index in [9.17, 15) is 5.11 Å². The van der Waals surface area contributed by atoms with Crippen molar-refractivity contribution in [1.29, 1.82) is 0 Å². The number of phenols is 1. The van der Waals surface area contributed by atoms with E-state index in [2.05, 4.69) is 61.6 Å². The molecule has 2 N–H and O–H groups in total. The molecule has 0 aromatic heterocycles. The van der Waals surface area contributed by atoms with E-state index in [0.29, 0.717) is 11.8 Å². The van der Waals surface area contributed by atoms with Crippen molar-refractivity contribution in [3.63, 3.8) is 0 Å². The van der Waals surface area contributed by atoms with E-state index in [1.807, 2.05) is 18.2 Å². The number of aromatic hydroxyl groups is 1. The van der Waals surface area contributed by atoms with Gasteiger partial charge in [0.15, 0.2) is 0 Å². The van der Waals surface area contributed by atoms with Gasteiger partial charge >= 0.3 is 0 Å². The highest BCUT2D eigenvalue weighted by molar-refractivity contribution is 5.68. The van der Waals surface area contributed by atoms with E-state index >= 15 is 0 Å². The molecule has 0 unspecified atom stereocenters. The third-order valence-corrected chi connectivity index (χ3v) is 4.39. The molecule has 3 aromatic carbocycles. The molecule has 3 rings (SSSR count). The molecule has 2 nitrogen and oxygen atoms in total. The monoisotopic (exact) mass is 317 g/mol. The van der Waals surface area contributed by atoms with Crippen LogP contribution in [0.1, 0.15) is 29.7 Å². The van der Waals surface area contributed by atoms with Gasteiger partial charge in [0.2, 0.25) is 0 Å². The summed E-state index contributed by atoms with van der Waals surface area (Å²) in [6, 6.07) is 24.7. The zero-order chi connectivity index (χ0) is 16.9. The lowest BCUT2D eigenvalue weighted by molar-refractivity contribution is 0.475. The van der Waals surface area contributed by atoms with E-state index in [1.165, 1.54) is 22.3 Å². The van der Waals surface area contributed by atoms with Gasteiger partial charge in [-0.15, -0.1) is 0 Å². The second kappa shape index (κ2) is 7.33. The third-order valence-electron chi connectivity index (χ3n) is 4.39. The number of benzene rings is 3. The Hall–Kier alpha value is -2.58. The maximum atomic E-state index is 9.47. The molecular weight excluding hydrogens is 294 g/mol. The summed E-state index contributed by atoms with van der Waals surface area (Å²) in [5.74, 6) is 0.297. The van der Waals surface area contributed by atoms with Crippen LogP contribution in [-0.4, -0.2) is 5.11 Å². The number of hydrogen-bond acceptors (Lipinski definition) is 2. The van der Waals surface area contributed by atoms with Crippen LogP contribution in [-0.2, 0) is 6.54 Å². The van der Waals surface area contributed by atoms with Crippen molar-refractivity contribution in [3.05, 3.63) is 89.5 Å². The number of phenolic OH excluding ortho intramolecular Hbond substituents is 1. The molecule has 0 bridgehead atoms. The fourth-order valence-corrected chi connectivity index (χ4v) is 2.86. The Kier molecular flexibility index (Phi) is 4.97. The molecule has 1 atom stereocenters. The van der Waals surface area contributed by atoms with Gasteiger partial charge in [0.1, 0.15) is 5.75 Å². The fourth-order valence-electron chi connectivity index (χ4n) is 2.86. The Bertz CT molecular complexity index is 794. The van der Waals surface area contributed by atoms with E-state index in [4.69, 9.17) is 0 Å². The minimum atomic E-state index is 0.297. The Morgan fingerprint density at radius 3 is 2.33 bits per heavy atom. The van der Waals surface area contributed by atoms with Gasteiger partial charge in [-0.3, -0.25) is 0 Å². The van der Waals surface area contributed by atoms with Crippen molar-refractivity contribution in [2.24, 2.45) is 0 Å². The first-order valence-electron chi connectivity index (χ1n) is 8.31. The summed E-state index contributed by atoms with van der Waals surface area (Å²) in [6.07, 6.45) is 0. The number of rotatable bonds is 5. The van der Waals surface area contributed by atoms with E-state index in [0.717, 1.165) is 12.1 Å². The SMILES string of the molecule is Cc1ccc(CN[C@H](C)c2ccccc2)cc1-c1ccc(O)cc1. The van der Waals surface area contributed by atoms with Crippen LogP contribution >= 0.6 is 0 Å². The first-order valence-corrected chi connectivity index (χ1v) is 8.31. The standard InChI is InChI=1S/C22H23NO/c1-16-8-9-18(14-22(16)20-10-12-21(24)13-11-20)15-23-17(2)19-6-4-3-5-7-19/h3-14,17,23-24H,15H2,1-2H3/t17-/m1/s1. The van der Waals surface area contributed by atoms with Crippen LogP contribution in [0.4, 0.5) is 0 Å². The molecule has 0 aliphatic heterocycles. The summed E-state index contributed by atoms with van der Waals surface area (Å²) in [5.41, 5.74) is 6.13. The van der Waals surface area contributed by atoms with Gasteiger partial charge in [-0.1, -0.05) is 54.6 Å². The van der Waals surface area contributed by atoms with Gasteiger partial charge in [0, 0.05) is 12.6 Å². The van der Waals surface area contributed by atoms with Crippen molar-refractivity contribution < 1.29 is 5.11 Å². The Morgan fingerprint density at radius 1 is 0.917 bits per heavy atom. The molecule has 0 amide bonds. The van der Waals surface area contributed by atoms with Crippen LogP contribution in [0.3, 0.4) is 0 Å². The molecule has 24 heavy (non-hydrogen) atoms. The molecule has 3 aromatic rings. The molecule has 0 saturated heterocycles. The molecule has 0 saturated carbocycles. The first-order chi connectivity index (χ1) is 11.6. The van der Waals surface area contributed by atoms with Crippen LogP contribution < -0.4 is 5.32 Å². The van der Waals surface area contributed by atoms with Crippen LogP contribution in [0.15, 0.2) is 72.8 Å². The Morgan fingerprint density at radius 2 is 1.62 bits per heavy atom. The normalized spacial score (nSPS) is 12.1. The first kappa shape index (κ1) is 16.3. The summed E-state index contributed by atoms with van der Waals surface area (Å²) < 4.78 is 0. The number of nitrogens with one attached hydrogen (secondary N) is 1. The van der Waals surface area contributed by atoms with E-state index in [1.54, 1.807) is 12.1 Å². The van der Waals surface area contributed by atoms with Crippen LogP contribution in [0.25, 0.3) is 11.1 Å². The summed E-state index contributed by atoms with van der Waals surface area (Å²) >= 11 is 0. The van der Waals surface area contributed by atoms with Gasteiger partial charge < -0.3 is 10.4 Å². The van der Waals surface area contributed by atoms with Crippen LogP contribution in [0.5, 0.6) is 5.75 Å². The van der Waals surface area contributed by atoms with Crippen molar-refractivity contribution in [2.45, 2.75) is 26.4 Å². The highest BCUT2D eigenvalue weighted by Gasteiger charge is 2.07. The molecule has 0 heterocycles. The molecule has 0 aliphatic rings. The second-order valence-electron chi connectivity index (χ2n) is 6.21. The minimum Gasteiger partial charge on any atom is -0.508 e. The molecule has 122 valence electrons. The Labute approximate surface area is 143 Å². The number of aryl methyl sites for hydroxylation is 1. The lowest BCUT2D eigenvalue weighted by Crippen LogP contribution is -2.18. The average Bonchev–Trinajstić information content (AvgIpc) is 2.62. The molecule has 0 spiro atoms. The van der Waals surface area contributed by atoms with Crippen LogP contribution in [0, 0.1) is 6.92 Å². The topological polar surface area (TPSA) is 32.3 Å². The second-order valence-corrected chi connectivity index (χ2v) is 6.21. The predicted molar refractivity (Wildman–Crippen MR) is 100.0 cm³/mol. The largest absolute Gasteiger partial charge is 0.508 e. The lowest BCUT2D eigenvalue weighted by atomic mass is 9.98. The highest BCUT2D eigenvalue weighted by Crippen LogP contribution is 2.26. The van der Waals surface area contributed by atoms with Crippen molar-refractivity contribution >= 4 is 0 Å². The third kappa shape index (κ3) is 3.84. The van der Waals surface area contributed by atoms with Gasteiger partial charge in [0.25, 0.3) is 0 Å². The minimum absolute atomic E-state index is 0.297. The van der Waals surface area contributed by atoms with Gasteiger partial charge in [0.05, 0.1) is 0 Å². The summed E-state index contributed by atoms with van der Waals surface area (Å²) in [4.78, 5) is 0. The molecule has 2 heteroatoms. The summed E-state index contributed by atoms with van der Waals surface area (Å²) in [6.45, 7) is 5.12. The highest BCUT2D eigenvalue weighted by atomic mass is 16.3. The zero-order valence-corrected chi connectivity index (χ0v) is 14.2. The predicted octanol–water partition coefficient (Wildman–Crippen LogP) is 5.22. The fraction of sp³-hybridized carbons (Fsp3) is 0.182.